The molecule has 2 aliphatic heterocycles. The number of guanidine groups is 1. The number of nitrogens with zero attached hydrogens (tertiary/aromatic N) is 1. The molecule has 6 heteroatoms. The van der Waals surface area contributed by atoms with E-state index in [4.69, 9.17) is 14.2 Å². The standard InChI is InChI=1S/C14H27N3O3/c1-3-15-13(16-9-12-10-18-7-8-19-12)17-11-14(2)5-4-6-20-14/h12H,3-11H2,1-2H3,(H2,15,16,17). The smallest absolute Gasteiger partial charge is 0.191 e. The molecule has 116 valence electrons. The number of aliphatic imine (C=N–C) groups is 1. The Labute approximate surface area is 121 Å². The first-order valence-corrected chi connectivity index (χ1v) is 7.57. The first-order chi connectivity index (χ1) is 9.72. The van der Waals surface area contributed by atoms with Gasteiger partial charge in [0, 0.05) is 19.7 Å². The molecule has 20 heavy (non-hydrogen) atoms. The van der Waals surface area contributed by atoms with Crippen molar-refractivity contribution in [1.29, 1.82) is 0 Å². The Bertz CT molecular complexity index is 311. The summed E-state index contributed by atoms with van der Waals surface area (Å²) in [4.78, 5) is 4.62. The number of nitrogens with one attached hydrogen (secondary N) is 2. The van der Waals surface area contributed by atoms with Crippen molar-refractivity contribution in [2.75, 3.05) is 46.1 Å². The predicted octanol–water partition coefficient (Wildman–Crippen LogP) is 0.526. The van der Waals surface area contributed by atoms with Crippen LogP contribution in [0.3, 0.4) is 0 Å². The second-order valence-electron chi connectivity index (χ2n) is 5.55. The lowest BCUT2D eigenvalue weighted by Gasteiger charge is -2.25. The summed E-state index contributed by atoms with van der Waals surface area (Å²) in [7, 11) is 0. The summed E-state index contributed by atoms with van der Waals surface area (Å²) in [6.45, 7) is 9.29. The van der Waals surface area contributed by atoms with Gasteiger partial charge in [-0.1, -0.05) is 0 Å². The molecule has 0 spiro atoms. The van der Waals surface area contributed by atoms with Crippen LogP contribution in [-0.2, 0) is 14.2 Å². The van der Waals surface area contributed by atoms with E-state index in [2.05, 4.69) is 29.5 Å². The molecule has 2 heterocycles. The van der Waals surface area contributed by atoms with E-state index in [1.54, 1.807) is 0 Å². The molecule has 6 nitrogen and oxygen atoms in total. The molecule has 2 saturated heterocycles. The monoisotopic (exact) mass is 285 g/mol. The molecule has 0 aliphatic carbocycles. The van der Waals surface area contributed by atoms with Crippen LogP contribution in [0, 0.1) is 0 Å². The van der Waals surface area contributed by atoms with Gasteiger partial charge in [0.05, 0.1) is 38.1 Å². The molecule has 2 rings (SSSR count). The third-order valence-electron chi connectivity index (χ3n) is 3.60. The fraction of sp³-hybridized carbons (Fsp3) is 0.929. The maximum absolute atomic E-state index is 5.76. The lowest BCUT2D eigenvalue weighted by molar-refractivity contribution is -0.0850. The van der Waals surface area contributed by atoms with Crippen LogP contribution in [0.5, 0.6) is 0 Å². The molecule has 2 atom stereocenters. The van der Waals surface area contributed by atoms with Gasteiger partial charge in [-0.25, -0.2) is 0 Å². The maximum Gasteiger partial charge on any atom is 0.191 e. The topological polar surface area (TPSA) is 64.1 Å². The van der Waals surface area contributed by atoms with Gasteiger partial charge in [0.15, 0.2) is 5.96 Å². The Morgan fingerprint density at radius 2 is 2.20 bits per heavy atom. The Hall–Kier alpha value is -0.850. The molecule has 0 amide bonds. The van der Waals surface area contributed by atoms with Crippen molar-refractivity contribution < 1.29 is 14.2 Å². The molecule has 2 N–H and O–H groups in total. The van der Waals surface area contributed by atoms with Gasteiger partial charge >= 0.3 is 0 Å². The number of hydrogen-bond donors (Lipinski definition) is 2. The maximum atomic E-state index is 5.76. The van der Waals surface area contributed by atoms with Crippen molar-refractivity contribution in [3.05, 3.63) is 0 Å². The lowest BCUT2D eigenvalue weighted by Crippen LogP contribution is -2.45. The van der Waals surface area contributed by atoms with Crippen LogP contribution < -0.4 is 10.6 Å². The van der Waals surface area contributed by atoms with Gasteiger partial charge in [-0.2, -0.15) is 0 Å². The van der Waals surface area contributed by atoms with Crippen molar-refractivity contribution in [2.24, 2.45) is 4.99 Å². The highest BCUT2D eigenvalue weighted by Crippen LogP contribution is 2.24. The molecule has 0 radical (unpaired) electrons. The van der Waals surface area contributed by atoms with E-state index in [0.29, 0.717) is 32.9 Å². The first-order valence-electron chi connectivity index (χ1n) is 7.57. The average molecular weight is 285 g/mol. The van der Waals surface area contributed by atoms with E-state index in [-0.39, 0.29) is 11.7 Å². The zero-order valence-electron chi connectivity index (χ0n) is 12.6. The molecule has 2 unspecified atom stereocenters. The predicted molar refractivity (Wildman–Crippen MR) is 78.1 cm³/mol. The van der Waals surface area contributed by atoms with Crippen LogP contribution >= 0.6 is 0 Å². The van der Waals surface area contributed by atoms with Crippen molar-refractivity contribution in [1.82, 2.24) is 10.6 Å². The minimum Gasteiger partial charge on any atom is -0.376 e. The summed E-state index contributed by atoms with van der Waals surface area (Å²) in [6.07, 6.45) is 2.31. The van der Waals surface area contributed by atoms with Crippen molar-refractivity contribution in [3.63, 3.8) is 0 Å². The van der Waals surface area contributed by atoms with Gasteiger partial charge in [0.2, 0.25) is 0 Å². The molecule has 0 bridgehead atoms. The number of ether oxygens (including phenoxy) is 3. The highest BCUT2D eigenvalue weighted by Gasteiger charge is 2.29. The van der Waals surface area contributed by atoms with Crippen molar-refractivity contribution in [3.8, 4) is 0 Å². The summed E-state index contributed by atoms with van der Waals surface area (Å²) in [6, 6.07) is 0. The van der Waals surface area contributed by atoms with E-state index in [1.165, 1.54) is 0 Å². The SMILES string of the molecule is CCNC(=NCC1(C)CCCO1)NCC1COCCO1. The molecule has 0 aromatic carbocycles. The zero-order chi connectivity index (χ0) is 14.3. The van der Waals surface area contributed by atoms with Crippen LogP contribution in [0.2, 0.25) is 0 Å². The van der Waals surface area contributed by atoms with Crippen molar-refractivity contribution in [2.45, 2.75) is 38.4 Å². The highest BCUT2D eigenvalue weighted by molar-refractivity contribution is 5.79. The van der Waals surface area contributed by atoms with Crippen LogP contribution in [-0.4, -0.2) is 63.7 Å². The first kappa shape index (κ1) is 15.5. The molecule has 0 saturated carbocycles. The van der Waals surface area contributed by atoms with Crippen LogP contribution in [0.25, 0.3) is 0 Å². The van der Waals surface area contributed by atoms with E-state index >= 15 is 0 Å². The van der Waals surface area contributed by atoms with Gasteiger partial charge in [-0.15, -0.1) is 0 Å². The molecular formula is C14H27N3O3. The van der Waals surface area contributed by atoms with E-state index in [9.17, 15) is 0 Å². The van der Waals surface area contributed by atoms with Gasteiger partial charge in [0.25, 0.3) is 0 Å². The molecule has 0 aromatic rings. The number of rotatable bonds is 5. The van der Waals surface area contributed by atoms with Gasteiger partial charge < -0.3 is 24.8 Å². The Balaban J connectivity index is 1.78. The van der Waals surface area contributed by atoms with Gasteiger partial charge in [-0.3, -0.25) is 4.99 Å². The Kier molecular flexibility index (Phi) is 6.06. The van der Waals surface area contributed by atoms with E-state index in [1.807, 2.05) is 0 Å². The van der Waals surface area contributed by atoms with Gasteiger partial charge in [0.1, 0.15) is 0 Å². The molecular weight excluding hydrogens is 258 g/mol. The largest absolute Gasteiger partial charge is 0.376 e. The molecule has 0 aromatic heterocycles. The fourth-order valence-electron chi connectivity index (χ4n) is 2.41. The van der Waals surface area contributed by atoms with Gasteiger partial charge in [-0.05, 0) is 26.7 Å². The third-order valence-corrected chi connectivity index (χ3v) is 3.60. The fourth-order valence-corrected chi connectivity index (χ4v) is 2.41. The number of hydrogen-bond acceptors (Lipinski definition) is 4. The minimum absolute atomic E-state index is 0.103. The van der Waals surface area contributed by atoms with E-state index in [0.717, 1.165) is 32.0 Å². The third kappa shape index (κ3) is 4.92. The van der Waals surface area contributed by atoms with Crippen LogP contribution in [0.15, 0.2) is 4.99 Å². The second kappa shape index (κ2) is 7.81. The highest BCUT2D eigenvalue weighted by atomic mass is 16.6. The van der Waals surface area contributed by atoms with Crippen molar-refractivity contribution >= 4 is 5.96 Å². The second-order valence-corrected chi connectivity index (χ2v) is 5.55. The summed E-state index contributed by atoms with van der Waals surface area (Å²) in [5.74, 6) is 0.818. The quantitative estimate of drug-likeness (QED) is 0.570. The van der Waals surface area contributed by atoms with Crippen LogP contribution in [0.4, 0.5) is 0 Å². The molecule has 2 aliphatic rings. The lowest BCUT2D eigenvalue weighted by atomic mass is 10.0. The summed E-state index contributed by atoms with van der Waals surface area (Å²) in [5, 5.41) is 6.56. The summed E-state index contributed by atoms with van der Waals surface area (Å²) >= 11 is 0. The minimum atomic E-state index is -0.104. The Morgan fingerprint density at radius 3 is 2.85 bits per heavy atom. The molecule has 2 fully saturated rings. The van der Waals surface area contributed by atoms with E-state index < -0.39 is 0 Å². The summed E-state index contributed by atoms with van der Waals surface area (Å²) in [5.41, 5.74) is -0.104. The average Bonchev–Trinajstić information content (AvgIpc) is 2.90. The summed E-state index contributed by atoms with van der Waals surface area (Å²) < 4.78 is 16.8. The zero-order valence-corrected chi connectivity index (χ0v) is 12.6. The van der Waals surface area contributed by atoms with Crippen LogP contribution in [0.1, 0.15) is 26.7 Å². The Morgan fingerprint density at radius 1 is 1.30 bits per heavy atom. The normalized spacial score (nSPS) is 31.3.